The maximum Gasteiger partial charge on any atom is 0.250 e. The van der Waals surface area contributed by atoms with Gasteiger partial charge in [0, 0.05) is 26.7 Å². The molecule has 1 aromatic heterocycles. The molecule has 0 aliphatic carbocycles. The van der Waals surface area contributed by atoms with Crippen molar-refractivity contribution in [3.63, 3.8) is 0 Å². The number of benzene rings is 1. The van der Waals surface area contributed by atoms with Gasteiger partial charge in [0.2, 0.25) is 5.91 Å². The Labute approximate surface area is 158 Å². The van der Waals surface area contributed by atoms with Crippen LogP contribution >= 0.6 is 0 Å². The van der Waals surface area contributed by atoms with Crippen molar-refractivity contribution < 1.29 is 9.90 Å². The van der Waals surface area contributed by atoms with E-state index >= 15 is 0 Å². The largest absolute Gasteiger partial charge is 0.390 e. The number of hydrogen-bond acceptors (Lipinski definition) is 6. The minimum absolute atomic E-state index is 0.0771. The van der Waals surface area contributed by atoms with Crippen LogP contribution in [0.2, 0.25) is 0 Å². The Bertz CT molecular complexity index is 851. The first kappa shape index (κ1) is 17.5. The SMILES string of the molecule is C=CC(=O)N(C)c1cnc2c(c1)N(Cc1ccccc1)C(N1CC(O)C1)N2. The molecule has 2 aromatic rings. The molecule has 7 nitrogen and oxygen atoms in total. The minimum atomic E-state index is -0.283. The van der Waals surface area contributed by atoms with Crippen LogP contribution in [0.5, 0.6) is 0 Å². The summed E-state index contributed by atoms with van der Waals surface area (Å²) >= 11 is 0. The standard InChI is InChI=1S/C20H23N5O2/c1-3-18(27)23(2)15-9-17-19(21-10-15)22-20(24-12-16(26)13-24)25(17)11-14-7-5-4-6-8-14/h3-10,16,20,26H,1,11-13H2,2H3,(H,21,22). The van der Waals surface area contributed by atoms with E-state index in [4.69, 9.17) is 0 Å². The first-order valence-electron chi connectivity index (χ1n) is 8.96. The van der Waals surface area contributed by atoms with Gasteiger partial charge in [0.25, 0.3) is 0 Å². The zero-order valence-corrected chi connectivity index (χ0v) is 15.2. The molecule has 2 aliphatic heterocycles. The van der Waals surface area contributed by atoms with Crippen molar-refractivity contribution in [1.29, 1.82) is 0 Å². The molecule has 2 N–H and O–H groups in total. The number of hydrogen-bond donors (Lipinski definition) is 2. The van der Waals surface area contributed by atoms with Crippen LogP contribution in [0, 0.1) is 0 Å². The van der Waals surface area contributed by atoms with Crippen LogP contribution < -0.4 is 15.1 Å². The average molecular weight is 365 g/mol. The third-order valence-corrected chi connectivity index (χ3v) is 5.05. The van der Waals surface area contributed by atoms with Gasteiger partial charge in [-0.05, 0) is 17.7 Å². The number of aliphatic hydroxyl groups excluding tert-OH is 1. The molecule has 1 saturated heterocycles. The molecule has 0 bridgehead atoms. The summed E-state index contributed by atoms with van der Waals surface area (Å²) in [4.78, 5) is 22.4. The second-order valence-electron chi connectivity index (χ2n) is 6.90. The zero-order chi connectivity index (χ0) is 19.0. The summed E-state index contributed by atoms with van der Waals surface area (Å²) in [5.74, 6) is 0.597. The van der Waals surface area contributed by atoms with Crippen LogP contribution in [-0.4, -0.2) is 53.4 Å². The van der Waals surface area contributed by atoms with Gasteiger partial charge < -0.3 is 20.2 Å². The first-order chi connectivity index (χ1) is 13.1. The number of likely N-dealkylation sites (tertiary alicyclic amines) is 1. The number of amides is 1. The van der Waals surface area contributed by atoms with Crippen LogP contribution in [-0.2, 0) is 11.3 Å². The van der Waals surface area contributed by atoms with E-state index in [1.165, 1.54) is 16.5 Å². The zero-order valence-electron chi connectivity index (χ0n) is 15.2. The number of nitrogens with one attached hydrogen (secondary N) is 1. The van der Waals surface area contributed by atoms with E-state index in [1.807, 2.05) is 24.3 Å². The van der Waals surface area contributed by atoms with Gasteiger partial charge in [0.05, 0.1) is 23.7 Å². The number of anilines is 3. The Balaban J connectivity index is 1.66. The number of β-amino-alcohol motifs (C(OH)–C–C–N with tert-alkyl or cyclic N) is 1. The highest BCUT2D eigenvalue weighted by atomic mass is 16.3. The highest BCUT2D eigenvalue weighted by Gasteiger charge is 2.40. The molecule has 27 heavy (non-hydrogen) atoms. The van der Waals surface area contributed by atoms with Gasteiger partial charge in [-0.15, -0.1) is 0 Å². The van der Waals surface area contributed by atoms with E-state index in [0.717, 1.165) is 11.5 Å². The normalized spacial score (nSPS) is 19.2. The molecular weight excluding hydrogens is 342 g/mol. The molecule has 1 amide bonds. The molecule has 0 spiro atoms. The predicted octanol–water partition coefficient (Wildman–Crippen LogP) is 1.62. The van der Waals surface area contributed by atoms with E-state index in [2.05, 4.69) is 38.8 Å². The predicted molar refractivity (Wildman–Crippen MR) is 105 cm³/mol. The molecule has 2 aliphatic rings. The summed E-state index contributed by atoms with van der Waals surface area (Å²) < 4.78 is 0. The molecule has 0 saturated carbocycles. The Kier molecular flexibility index (Phi) is 4.55. The van der Waals surface area contributed by atoms with E-state index in [1.54, 1.807) is 13.2 Å². The first-order valence-corrected chi connectivity index (χ1v) is 8.96. The molecule has 3 heterocycles. The summed E-state index contributed by atoms with van der Waals surface area (Å²) in [5, 5.41) is 13.2. The summed E-state index contributed by atoms with van der Waals surface area (Å²) in [7, 11) is 1.71. The van der Waals surface area contributed by atoms with Crippen molar-refractivity contribution >= 4 is 23.1 Å². The van der Waals surface area contributed by atoms with Crippen molar-refractivity contribution in [2.24, 2.45) is 0 Å². The average Bonchev–Trinajstić information content (AvgIpc) is 3.02. The fourth-order valence-electron chi connectivity index (χ4n) is 3.48. The molecule has 7 heteroatoms. The number of likely N-dealkylation sites (N-methyl/N-ethyl adjacent to an activating group) is 1. The maximum atomic E-state index is 12.0. The van der Waals surface area contributed by atoms with E-state index in [0.29, 0.717) is 25.3 Å². The second kappa shape index (κ2) is 7.02. The lowest BCUT2D eigenvalue weighted by Gasteiger charge is -2.43. The van der Waals surface area contributed by atoms with Gasteiger partial charge in [-0.25, -0.2) is 4.98 Å². The van der Waals surface area contributed by atoms with Gasteiger partial charge in [-0.1, -0.05) is 36.9 Å². The smallest absolute Gasteiger partial charge is 0.250 e. The van der Waals surface area contributed by atoms with E-state index in [9.17, 15) is 9.90 Å². The van der Waals surface area contributed by atoms with Crippen molar-refractivity contribution in [2.45, 2.75) is 18.9 Å². The Hall–Kier alpha value is -2.90. The number of pyridine rings is 1. The molecule has 1 fully saturated rings. The van der Waals surface area contributed by atoms with Crippen molar-refractivity contribution in [2.75, 3.05) is 35.3 Å². The van der Waals surface area contributed by atoms with Gasteiger partial charge in [0.1, 0.15) is 0 Å². The van der Waals surface area contributed by atoms with Crippen LogP contribution in [0.15, 0.2) is 55.3 Å². The monoisotopic (exact) mass is 365 g/mol. The lowest BCUT2D eigenvalue weighted by molar-refractivity contribution is -0.113. The Morgan fingerprint density at radius 1 is 1.41 bits per heavy atom. The second-order valence-corrected chi connectivity index (χ2v) is 6.90. The minimum Gasteiger partial charge on any atom is -0.390 e. The van der Waals surface area contributed by atoms with Crippen LogP contribution in [0.25, 0.3) is 0 Å². The summed E-state index contributed by atoms with van der Waals surface area (Å²) in [6.07, 6.45) is 2.61. The number of carbonyl (C=O) groups is 1. The van der Waals surface area contributed by atoms with Crippen molar-refractivity contribution in [3.8, 4) is 0 Å². The lowest BCUT2D eigenvalue weighted by atomic mass is 10.1. The van der Waals surface area contributed by atoms with Crippen LogP contribution in [0.1, 0.15) is 5.56 Å². The van der Waals surface area contributed by atoms with Gasteiger partial charge >= 0.3 is 0 Å². The van der Waals surface area contributed by atoms with Gasteiger partial charge in [-0.2, -0.15) is 0 Å². The molecule has 0 radical (unpaired) electrons. The number of rotatable bonds is 5. The molecule has 4 rings (SSSR count). The van der Waals surface area contributed by atoms with Gasteiger partial charge in [0.15, 0.2) is 12.1 Å². The third kappa shape index (κ3) is 3.27. The molecule has 1 unspecified atom stereocenters. The molecule has 1 aromatic carbocycles. The number of carbonyl (C=O) groups excluding carboxylic acids is 1. The van der Waals surface area contributed by atoms with E-state index < -0.39 is 0 Å². The number of aromatic nitrogens is 1. The highest BCUT2D eigenvalue weighted by Crippen LogP contribution is 2.38. The number of aliphatic hydroxyl groups is 1. The fourth-order valence-corrected chi connectivity index (χ4v) is 3.48. The van der Waals surface area contributed by atoms with Crippen molar-refractivity contribution in [1.82, 2.24) is 9.88 Å². The highest BCUT2D eigenvalue weighted by molar-refractivity contribution is 6.01. The molecular formula is C20H23N5O2. The van der Waals surface area contributed by atoms with E-state index in [-0.39, 0.29) is 18.3 Å². The summed E-state index contributed by atoms with van der Waals surface area (Å²) in [6, 6.07) is 12.2. The number of nitrogens with zero attached hydrogens (tertiary/aromatic N) is 4. The fraction of sp³-hybridized carbons (Fsp3) is 0.300. The molecule has 1 atom stereocenters. The third-order valence-electron chi connectivity index (χ3n) is 5.05. The van der Waals surface area contributed by atoms with Crippen LogP contribution in [0.4, 0.5) is 17.2 Å². The summed E-state index contributed by atoms with van der Waals surface area (Å²) in [6.45, 7) is 5.49. The Morgan fingerprint density at radius 2 is 2.15 bits per heavy atom. The van der Waals surface area contributed by atoms with Crippen molar-refractivity contribution in [3.05, 3.63) is 60.8 Å². The topological polar surface area (TPSA) is 71.9 Å². The maximum absolute atomic E-state index is 12.0. The van der Waals surface area contributed by atoms with Crippen LogP contribution in [0.3, 0.4) is 0 Å². The quantitative estimate of drug-likeness (QED) is 0.785. The molecule has 140 valence electrons. The summed E-state index contributed by atoms with van der Waals surface area (Å²) in [5.41, 5.74) is 2.83. The lowest BCUT2D eigenvalue weighted by Crippen LogP contribution is -2.61. The Morgan fingerprint density at radius 3 is 2.81 bits per heavy atom. The van der Waals surface area contributed by atoms with Gasteiger partial charge in [-0.3, -0.25) is 9.69 Å². The number of fused-ring (bicyclic) bond motifs is 1.